The Balaban J connectivity index is 2.20. The Morgan fingerprint density at radius 2 is 1.90 bits per heavy atom. The number of morpholine rings is 1. The van der Waals surface area contributed by atoms with Crippen molar-refractivity contribution in [3.63, 3.8) is 0 Å². The van der Waals surface area contributed by atoms with E-state index in [9.17, 15) is 4.79 Å². The summed E-state index contributed by atoms with van der Waals surface area (Å²) in [6.45, 7) is 3.53. The first-order valence-corrected chi connectivity index (χ1v) is 6.80. The first-order chi connectivity index (χ1) is 9.67. The second kappa shape index (κ2) is 6.61. The maximum atomic E-state index is 11.8. The van der Waals surface area contributed by atoms with Crippen LogP contribution in [-0.2, 0) is 9.53 Å². The van der Waals surface area contributed by atoms with E-state index in [1.54, 1.807) is 14.2 Å². The van der Waals surface area contributed by atoms with Crippen LogP contribution in [0.25, 0.3) is 0 Å². The van der Waals surface area contributed by atoms with Crippen LogP contribution in [0.5, 0.6) is 11.5 Å². The van der Waals surface area contributed by atoms with E-state index in [0.29, 0.717) is 6.54 Å². The minimum atomic E-state index is -0.136. The van der Waals surface area contributed by atoms with Crippen molar-refractivity contribution in [3.05, 3.63) is 23.8 Å². The first kappa shape index (κ1) is 14.7. The summed E-state index contributed by atoms with van der Waals surface area (Å²) in [7, 11) is 3.24. The summed E-state index contributed by atoms with van der Waals surface area (Å²) < 4.78 is 16.2. The number of nitrogens with zero attached hydrogens (tertiary/aromatic N) is 1. The van der Waals surface area contributed by atoms with E-state index in [0.717, 1.165) is 30.0 Å². The summed E-state index contributed by atoms with van der Waals surface area (Å²) in [4.78, 5) is 13.6. The van der Waals surface area contributed by atoms with Gasteiger partial charge in [-0.1, -0.05) is 6.92 Å². The molecular weight excluding hydrogens is 258 g/mol. The van der Waals surface area contributed by atoms with E-state index in [2.05, 4.69) is 6.92 Å². The zero-order chi connectivity index (χ0) is 14.5. The smallest absolute Gasteiger partial charge is 0.248 e. The molecule has 1 aromatic carbocycles. The number of hydrogen-bond acceptors (Lipinski definition) is 4. The Hall–Kier alpha value is -1.75. The van der Waals surface area contributed by atoms with Crippen molar-refractivity contribution >= 4 is 5.91 Å². The molecule has 5 heteroatoms. The lowest BCUT2D eigenvalue weighted by molar-refractivity contribution is -0.149. The van der Waals surface area contributed by atoms with Crippen LogP contribution in [0.3, 0.4) is 0 Å². The van der Waals surface area contributed by atoms with Gasteiger partial charge in [0.1, 0.15) is 24.2 Å². The molecule has 0 bridgehead atoms. The number of amides is 1. The third-order valence-corrected chi connectivity index (χ3v) is 3.39. The maximum Gasteiger partial charge on any atom is 0.248 e. The van der Waals surface area contributed by atoms with Gasteiger partial charge in [0.15, 0.2) is 0 Å². The summed E-state index contributed by atoms with van der Waals surface area (Å²) in [6, 6.07) is 5.67. The lowest BCUT2D eigenvalue weighted by Crippen LogP contribution is -2.43. The second-order valence-corrected chi connectivity index (χ2v) is 4.79. The van der Waals surface area contributed by atoms with Gasteiger partial charge in [-0.05, 0) is 24.1 Å². The molecule has 2 rings (SSSR count). The molecule has 5 nitrogen and oxygen atoms in total. The molecule has 20 heavy (non-hydrogen) atoms. The van der Waals surface area contributed by atoms with Crippen LogP contribution in [0.4, 0.5) is 0 Å². The number of ether oxygens (including phenoxy) is 3. The van der Waals surface area contributed by atoms with Gasteiger partial charge in [-0.15, -0.1) is 0 Å². The van der Waals surface area contributed by atoms with Gasteiger partial charge in [0.05, 0.1) is 20.8 Å². The van der Waals surface area contributed by atoms with Crippen molar-refractivity contribution < 1.29 is 19.0 Å². The Bertz CT molecular complexity index is 453. The molecule has 0 aliphatic carbocycles. The standard InChI is InChI=1S/C15H21NO4/c1-4-5-16-9-14(20-10-15(16)17)11-6-12(18-2)8-13(7-11)19-3/h6-8,14H,4-5,9-10H2,1-3H3. The molecule has 1 heterocycles. The normalized spacial score (nSPS) is 19.1. The summed E-state index contributed by atoms with van der Waals surface area (Å²) in [6.07, 6.45) is 0.808. The van der Waals surface area contributed by atoms with E-state index in [1.165, 1.54) is 0 Å². The van der Waals surface area contributed by atoms with Crippen LogP contribution >= 0.6 is 0 Å². The molecule has 1 amide bonds. The molecule has 1 saturated heterocycles. The Morgan fingerprint density at radius 1 is 1.25 bits per heavy atom. The first-order valence-electron chi connectivity index (χ1n) is 6.80. The molecule has 0 spiro atoms. The fourth-order valence-electron chi connectivity index (χ4n) is 2.32. The summed E-state index contributed by atoms with van der Waals surface area (Å²) in [5.74, 6) is 1.50. The van der Waals surface area contributed by atoms with Crippen LogP contribution in [-0.4, -0.2) is 44.7 Å². The van der Waals surface area contributed by atoms with Gasteiger partial charge in [0.2, 0.25) is 5.91 Å². The lowest BCUT2D eigenvalue weighted by Gasteiger charge is -2.33. The Morgan fingerprint density at radius 3 is 2.45 bits per heavy atom. The average Bonchev–Trinajstić information content (AvgIpc) is 2.49. The van der Waals surface area contributed by atoms with Crippen molar-refractivity contribution in [3.8, 4) is 11.5 Å². The number of hydrogen-bond donors (Lipinski definition) is 0. The molecule has 1 atom stereocenters. The third kappa shape index (κ3) is 3.22. The average molecular weight is 279 g/mol. The number of carbonyl (C=O) groups is 1. The predicted molar refractivity (Wildman–Crippen MR) is 75.1 cm³/mol. The van der Waals surface area contributed by atoms with Gasteiger partial charge in [-0.2, -0.15) is 0 Å². The van der Waals surface area contributed by atoms with Crippen LogP contribution in [0, 0.1) is 0 Å². The summed E-state index contributed by atoms with van der Waals surface area (Å²) >= 11 is 0. The van der Waals surface area contributed by atoms with Gasteiger partial charge in [0.25, 0.3) is 0 Å². The summed E-state index contributed by atoms with van der Waals surface area (Å²) in [5, 5.41) is 0. The number of carbonyl (C=O) groups excluding carboxylic acids is 1. The molecule has 0 saturated carbocycles. The molecule has 1 aliphatic heterocycles. The zero-order valence-corrected chi connectivity index (χ0v) is 12.2. The van der Waals surface area contributed by atoms with Crippen molar-refractivity contribution in [2.45, 2.75) is 19.4 Å². The van der Waals surface area contributed by atoms with Gasteiger partial charge in [-0.25, -0.2) is 0 Å². The minimum Gasteiger partial charge on any atom is -0.497 e. The molecule has 110 valence electrons. The van der Waals surface area contributed by atoms with Crippen molar-refractivity contribution in [1.82, 2.24) is 4.90 Å². The third-order valence-electron chi connectivity index (χ3n) is 3.39. The molecule has 0 N–H and O–H groups in total. The Labute approximate surface area is 119 Å². The molecule has 1 aliphatic rings. The van der Waals surface area contributed by atoms with Gasteiger partial charge in [0, 0.05) is 12.6 Å². The minimum absolute atomic E-state index is 0.0537. The van der Waals surface area contributed by atoms with Gasteiger partial charge < -0.3 is 19.1 Å². The quantitative estimate of drug-likeness (QED) is 0.827. The molecule has 1 fully saturated rings. The SMILES string of the molecule is CCCN1CC(c2cc(OC)cc(OC)c2)OCC1=O. The summed E-state index contributed by atoms with van der Waals surface area (Å²) in [5.41, 5.74) is 0.967. The van der Waals surface area contributed by atoms with E-state index >= 15 is 0 Å². The topological polar surface area (TPSA) is 48.0 Å². The van der Waals surface area contributed by atoms with E-state index in [-0.39, 0.29) is 18.6 Å². The molecule has 0 aromatic heterocycles. The maximum absolute atomic E-state index is 11.8. The number of methoxy groups -OCH3 is 2. The van der Waals surface area contributed by atoms with Crippen LogP contribution < -0.4 is 9.47 Å². The fraction of sp³-hybridized carbons (Fsp3) is 0.533. The van der Waals surface area contributed by atoms with Crippen molar-refractivity contribution in [2.75, 3.05) is 33.9 Å². The fourth-order valence-corrected chi connectivity index (χ4v) is 2.32. The highest BCUT2D eigenvalue weighted by molar-refractivity contribution is 5.78. The van der Waals surface area contributed by atoms with E-state index in [4.69, 9.17) is 14.2 Å². The van der Waals surface area contributed by atoms with Crippen LogP contribution in [0.2, 0.25) is 0 Å². The highest BCUT2D eigenvalue weighted by atomic mass is 16.5. The largest absolute Gasteiger partial charge is 0.497 e. The molecular formula is C15H21NO4. The van der Waals surface area contributed by atoms with Crippen molar-refractivity contribution in [1.29, 1.82) is 0 Å². The second-order valence-electron chi connectivity index (χ2n) is 4.79. The van der Waals surface area contributed by atoms with Crippen molar-refractivity contribution in [2.24, 2.45) is 0 Å². The predicted octanol–water partition coefficient (Wildman–Crippen LogP) is 2.01. The Kier molecular flexibility index (Phi) is 4.84. The highest BCUT2D eigenvalue weighted by Crippen LogP contribution is 2.30. The molecule has 0 radical (unpaired) electrons. The van der Waals surface area contributed by atoms with Gasteiger partial charge >= 0.3 is 0 Å². The highest BCUT2D eigenvalue weighted by Gasteiger charge is 2.27. The number of rotatable bonds is 5. The molecule has 1 aromatic rings. The van der Waals surface area contributed by atoms with Crippen LogP contribution in [0.15, 0.2) is 18.2 Å². The molecule has 1 unspecified atom stereocenters. The van der Waals surface area contributed by atoms with E-state index in [1.807, 2.05) is 23.1 Å². The zero-order valence-electron chi connectivity index (χ0n) is 12.2. The monoisotopic (exact) mass is 279 g/mol. The van der Waals surface area contributed by atoms with Gasteiger partial charge in [-0.3, -0.25) is 4.79 Å². The van der Waals surface area contributed by atoms with Crippen LogP contribution in [0.1, 0.15) is 25.0 Å². The lowest BCUT2D eigenvalue weighted by atomic mass is 10.1. The number of benzene rings is 1. The van der Waals surface area contributed by atoms with E-state index < -0.39 is 0 Å².